The van der Waals surface area contributed by atoms with Gasteiger partial charge in [-0.05, 0) is 37.6 Å². The maximum atomic E-state index is 11.1. The summed E-state index contributed by atoms with van der Waals surface area (Å²) in [5, 5.41) is 6.31. The van der Waals surface area contributed by atoms with Crippen LogP contribution in [0, 0.1) is 0 Å². The van der Waals surface area contributed by atoms with Crippen LogP contribution >= 0.6 is 0 Å². The Bertz CT molecular complexity index is 564. The van der Waals surface area contributed by atoms with Crippen molar-refractivity contribution in [2.24, 2.45) is 0 Å². The molecule has 0 saturated heterocycles. The number of amides is 1. The van der Waals surface area contributed by atoms with E-state index in [9.17, 15) is 4.79 Å². The zero-order valence-electron chi connectivity index (χ0n) is 12.0. The summed E-state index contributed by atoms with van der Waals surface area (Å²) in [6.07, 6.45) is 3.42. The number of rotatable bonds is 5. The molecule has 4 heteroatoms. The molecule has 1 amide bonds. The number of hydrogen-bond donors (Lipinski definition) is 2. The van der Waals surface area contributed by atoms with Crippen LogP contribution in [0.25, 0.3) is 0 Å². The molecule has 1 heterocycles. The summed E-state index contributed by atoms with van der Waals surface area (Å²) in [6, 6.07) is 10.2. The van der Waals surface area contributed by atoms with Gasteiger partial charge in [0.15, 0.2) is 0 Å². The molecule has 0 aliphatic rings. The fourth-order valence-corrected chi connectivity index (χ4v) is 2.18. The Labute approximate surface area is 119 Å². The molecule has 0 bridgehead atoms. The van der Waals surface area contributed by atoms with Crippen molar-refractivity contribution in [1.29, 1.82) is 0 Å². The highest BCUT2D eigenvalue weighted by molar-refractivity contribution is 5.88. The summed E-state index contributed by atoms with van der Waals surface area (Å²) < 4.78 is 5.10. The van der Waals surface area contributed by atoms with Gasteiger partial charge in [-0.1, -0.05) is 12.1 Å². The normalized spacial score (nSPS) is 13.8. The van der Waals surface area contributed by atoms with Crippen molar-refractivity contribution >= 4 is 11.6 Å². The Hall–Kier alpha value is -2.07. The van der Waals surface area contributed by atoms with E-state index in [1.165, 1.54) is 6.92 Å². The Morgan fingerprint density at radius 2 is 1.90 bits per heavy atom. The van der Waals surface area contributed by atoms with E-state index in [0.717, 1.165) is 16.8 Å². The van der Waals surface area contributed by atoms with Crippen LogP contribution in [0.3, 0.4) is 0 Å². The minimum absolute atomic E-state index is 0.0606. The third kappa shape index (κ3) is 3.71. The molecule has 20 heavy (non-hydrogen) atoms. The second-order valence-electron chi connectivity index (χ2n) is 4.97. The van der Waals surface area contributed by atoms with Gasteiger partial charge < -0.3 is 15.1 Å². The first-order valence-electron chi connectivity index (χ1n) is 6.72. The smallest absolute Gasteiger partial charge is 0.221 e. The van der Waals surface area contributed by atoms with Crippen molar-refractivity contribution in [3.8, 4) is 0 Å². The van der Waals surface area contributed by atoms with Crippen LogP contribution in [0.5, 0.6) is 0 Å². The summed E-state index contributed by atoms with van der Waals surface area (Å²) in [5.74, 6) is -0.0606. The molecule has 0 fully saturated rings. The van der Waals surface area contributed by atoms with E-state index in [4.69, 9.17) is 4.42 Å². The summed E-state index contributed by atoms with van der Waals surface area (Å²) in [4.78, 5) is 11.1. The molecule has 2 aromatic rings. The predicted molar refractivity (Wildman–Crippen MR) is 79.4 cm³/mol. The average Bonchev–Trinajstić information content (AvgIpc) is 2.92. The number of nitrogens with one attached hydrogen (secondary N) is 2. The molecule has 2 N–H and O–H groups in total. The highest BCUT2D eigenvalue weighted by Gasteiger charge is 2.12. The summed E-state index contributed by atoms with van der Waals surface area (Å²) in [5.41, 5.74) is 3.07. The van der Waals surface area contributed by atoms with Gasteiger partial charge in [0.25, 0.3) is 0 Å². The number of anilines is 1. The van der Waals surface area contributed by atoms with Crippen molar-refractivity contribution in [2.75, 3.05) is 5.32 Å². The van der Waals surface area contributed by atoms with Crippen LogP contribution in [-0.4, -0.2) is 5.91 Å². The van der Waals surface area contributed by atoms with Gasteiger partial charge in [0.05, 0.1) is 12.5 Å². The van der Waals surface area contributed by atoms with E-state index in [0.29, 0.717) is 0 Å². The van der Waals surface area contributed by atoms with Crippen LogP contribution in [0.1, 0.15) is 44.0 Å². The molecular formula is C16H20N2O2. The second-order valence-corrected chi connectivity index (χ2v) is 4.97. The van der Waals surface area contributed by atoms with E-state index < -0.39 is 0 Å². The third-order valence-electron chi connectivity index (χ3n) is 3.25. The molecule has 1 aromatic carbocycles. The maximum Gasteiger partial charge on any atom is 0.221 e. The highest BCUT2D eigenvalue weighted by atomic mass is 16.3. The first-order valence-corrected chi connectivity index (χ1v) is 6.72. The molecular weight excluding hydrogens is 252 g/mol. The van der Waals surface area contributed by atoms with E-state index in [-0.39, 0.29) is 18.0 Å². The molecule has 106 valence electrons. The summed E-state index contributed by atoms with van der Waals surface area (Å²) in [7, 11) is 0. The molecule has 4 nitrogen and oxygen atoms in total. The lowest BCUT2D eigenvalue weighted by atomic mass is 10.1. The van der Waals surface area contributed by atoms with Crippen molar-refractivity contribution in [3.05, 3.63) is 54.0 Å². The van der Waals surface area contributed by atoms with Gasteiger partial charge in [0, 0.05) is 30.3 Å². The lowest BCUT2D eigenvalue weighted by molar-refractivity contribution is -0.114. The van der Waals surface area contributed by atoms with Gasteiger partial charge in [-0.25, -0.2) is 0 Å². The Kier molecular flexibility index (Phi) is 4.58. The number of carbonyl (C=O) groups excluding carboxylic acids is 1. The Morgan fingerprint density at radius 1 is 1.15 bits per heavy atom. The van der Waals surface area contributed by atoms with Crippen LogP contribution < -0.4 is 10.6 Å². The summed E-state index contributed by atoms with van der Waals surface area (Å²) in [6.45, 7) is 5.71. The quantitative estimate of drug-likeness (QED) is 0.873. The fraction of sp³-hybridized carbons (Fsp3) is 0.312. The molecule has 2 rings (SSSR count). The third-order valence-corrected chi connectivity index (χ3v) is 3.25. The zero-order valence-corrected chi connectivity index (χ0v) is 12.0. The van der Waals surface area contributed by atoms with Crippen LogP contribution in [0.4, 0.5) is 5.69 Å². The standard InChI is InChI=1S/C16H20N2O2/c1-11(17-12(2)15-7-8-20-10-15)14-5-4-6-16(9-14)18-13(3)19/h4-12,17H,1-3H3,(H,18,19). The average molecular weight is 272 g/mol. The molecule has 0 radical (unpaired) electrons. The molecule has 1 aromatic heterocycles. The maximum absolute atomic E-state index is 11.1. The minimum atomic E-state index is -0.0606. The van der Waals surface area contributed by atoms with Crippen molar-refractivity contribution < 1.29 is 9.21 Å². The lowest BCUT2D eigenvalue weighted by Crippen LogP contribution is -2.22. The molecule has 2 atom stereocenters. The van der Waals surface area contributed by atoms with Gasteiger partial charge in [-0.15, -0.1) is 0 Å². The van der Waals surface area contributed by atoms with Crippen molar-refractivity contribution in [1.82, 2.24) is 5.32 Å². The zero-order chi connectivity index (χ0) is 14.5. The van der Waals surface area contributed by atoms with Crippen molar-refractivity contribution in [2.45, 2.75) is 32.9 Å². The Morgan fingerprint density at radius 3 is 2.55 bits per heavy atom. The van der Waals surface area contributed by atoms with Crippen LogP contribution in [0.15, 0.2) is 47.3 Å². The van der Waals surface area contributed by atoms with Gasteiger partial charge in [0.1, 0.15) is 0 Å². The van der Waals surface area contributed by atoms with Gasteiger partial charge >= 0.3 is 0 Å². The van der Waals surface area contributed by atoms with E-state index >= 15 is 0 Å². The molecule has 2 unspecified atom stereocenters. The number of carbonyl (C=O) groups is 1. The monoisotopic (exact) mass is 272 g/mol. The van der Waals surface area contributed by atoms with Gasteiger partial charge in [0.2, 0.25) is 5.91 Å². The minimum Gasteiger partial charge on any atom is -0.472 e. The fourth-order valence-electron chi connectivity index (χ4n) is 2.18. The molecule has 0 aliphatic heterocycles. The van der Waals surface area contributed by atoms with E-state index in [1.54, 1.807) is 12.5 Å². The largest absolute Gasteiger partial charge is 0.472 e. The first kappa shape index (κ1) is 14.3. The second kappa shape index (κ2) is 6.39. The van der Waals surface area contributed by atoms with Crippen LogP contribution in [-0.2, 0) is 4.79 Å². The first-order chi connectivity index (χ1) is 9.56. The molecule has 0 spiro atoms. The lowest BCUT2D eigenvalue weighted by Gasteiger charge is -2.20. The summed E-state index contributed by atoms with van der Waals surface area (Å²) >= 11 is 0. The Balaban J connectivity index is 2.05. The SMILES string of the molecule is CC(=O)Nc1cccc(C(C)NC(C)c2ccoc2)c1. The number of hydrogen-bond acceptors (Lipinski definition) is 3. The number of furan rings is 1. The van der Waals surface area contributed by atoms with Gasteiger partial charge in [-0.2, -0.15) is 0 Å². The van der Waals surface area contributed by atoms with Crippen molar-refractivity contribution in [3.63, 3.8) is 0 Å². The number of benzene rings is 1. The van der Waals surface area contributed by atoms with Gasteiger partial charge in [-0.3, -0.25) is 4.79 Å². The topological polar surface area (TPSA) is 54.3 Å². The molecule has 0 saturated carbocycles. The molecule has 0 aliphatic carbocycles. The van der Waals surface area contributed by atoms with E-state index in [2.05, 4.69) is 24.5 Å². The highest BCUT2D eigenvalue weighted by Crippen LogP contribution is 2.21. The van der Waals surface area contributed by atoms with E-state index in [1.807, 2.05) is 30.3 Å². The van der Waals surface area contributed by atoms with Crippen LogP contribution in [0.2, 0.25) is 0 Å². The predicted octanol–water partition coefficient (Wildman–Crippen LogP) is 3.65.